The highest BCUT2D eigenvalue weighted by Gasteiger charge is 2.21. The van der Waals surface area contributed by atoms with E-state index in [1.807, 2.05) is 0 Å². The number of amides is 1. The lowest BCUT2D eigenvalue weighted by Crippen LogP contribution is -2.42. The molecule has 0 bridgehead atoms. The van der Waals surface area contributed by atoms with E-state index in [-0.39, 0.29) is 11.2 Å². The third-order valence-electron chi connectivity index (χ3n) is 3.44. The summed E-state index contributed by atoms with van der Waals surface area (Å²) in [6.45, 7) is 5.54. The maximum Gasteiger partial charge on any atom is 0.284 e. The van der Waals surface area contributed by atoms with Crippen molar-refractivity contribution in [2.45, 2.75) is 25.8 Å². The molecule has 0 aliphatic heterocycles. The normalized spacial score (nSPS) is 12.2. The average Bonchev–Trinajstić information content (AvgIpc) is 3.19. The van der Waals surface area contributed by atoms with Crippen LogP contribution in [0.5, 0.6) is 0 Å². The highest BCUT2D eigenvalue weighted by Crippen LogP contribution is 2.26. The summed E-state index contributed by atoms with van der Waals surface area (Å²) in [7, 11) is 1.71. The molecule has 7 heteroatoms. The molecule has 0 spiro atoms. The van der Waals surface area contributed by atoms with E-state index in [4.69, 9.17) is 10.2 Å². The Labute approximate surface area is 139 Å². The Kier molecular flexibility index (Phi) is 5.44. The molecule has 124 valence electrons. The number of rotatable bonds is 6. The molecule has 0 unspecified atom stereocenters. The molecule has 0 aliphatic carbocycles. The summed E-state index contributed by atoms with van der Waals surface area (Å²) in [5.41, 5.74) is 5.17. The van der Waals surface area contributed by atoms with Crippen molar-refractivity contribution in [3.63, 3.8) is 0 Å². The zero-order chi connectivity index (χ0) is 16.9. The molecule has 2 heterocycles. The third kappa shape index (κ3) is 4.59. The number of nitrogens with two attached hydrogens (primary N) is 1. The molecule has 2 aromatic heterocycles. The van der Waals surface area contributed by atoms with Gasteiger partial charge in [0, 0.05) is 23.9 Å². The number of hydrogen-bond acceptors (Lipinski definition) is 4. The molecule has 0 radical (unpaired) electrons. The Morgan fingerprint density at radius 2 is 2.13 bits per heavy atom. The van der Waals surface area contributed by atoms with Gasteiger partial charge < -0.3 is 20.8 Å². The summed E-state index contributed by atoms with van der Waals surface area (Å²) in [5.74, 6) is 0.881. The molecule has 0 saturated carbocycles. The molecule has 2 aromatic rings. The van der Waals surface area contributed by atoms with E-state index in [1.54, 1.807) is 30.5 Å². The minimum atomic E-state index is -0.573. The number of nitrogens with one attached hydrogen (secondary N) is 2. The molecule has 1 amide bonds. The standard InChI is InChI=1S/C16H22N4O2S/c1-16(2,13-5-4-8-23-13)10-20-15(18-3)19-9-11-6-7-12(22-11)14(17)21/h4-8H,9-10H2,1-3H3,(H2,17,21)(H2,18,19,20). The third-order valence-corrected chi connectivity index (χ3v) is 4.68. The average molecular weight is 334 g/mol. The monoisotopic (exact) mass is 334 g/mol. The lowest BCUT2D eigenvalue weighted by molar-refractivity contribution is 0.0972. The van der Waals surface area contributed by atoms with Crippen molar-refractivity contribution in [2.24, 2.45) is 10.7 Å². The SMILES string of the molecule is CN=C(NCc1ccc(C(N)=O)o1)NCC(C)(C)c1cccs1. The predicted octanol–water partition coefficient (Wildman–Crippen LogP) is 2.08. The van der Waals surface area contributed by atoms with E-state index in [0.29, 0.717) is 18.3 Å². The Morgan fingerprint density at radius 1 is 1.35 bits per heavy atom. The van der Waals surface area contributed by atoms with Gasteiger partial charge in [0.25, 0.3) is 5.91 Å². The molecule has 4 N–H and O–H groups in total. The number of hydrogen-bond donors (Lipinski definition) is 3. The van der Waals surface area contributed by atoms with Crippen LogP contribution in [0.15, 0.2) is 39.1 Å². The van der Waals surface area contributed by atoms with Gasteiger partial charge in [-0.15, -0.1) is 11.3 Å². The van der Waals surface area contributed by atoms with Gasteiger partial charge >= 0.3 is 0 Å². The molecule has 2 rings (SSSR count). The van der Waals surface area contributed by atoms with Crippen LogP contribution < -0.4 is 16.4 Å². The molecule has 23 heavy (non-hydrogen) atoms. The lowest BCUT2D eigenvalue weighted by Gasteiger charge is -2.24. The number of aliphatic imine (C=N–C) groups is 1. The summed E-state index contributed by atoms with van der Waals surface area (Å²) in [6.07, 6.45) is 0. The first-order valence-corrected chi connectivity index (χ1v) is 8.17. The van der Waals surface area contributed by atoms with Crippen LogP contribution in [0.1, 0.15) is 35.0 Å². The number of guanidine groups is 1. The van der Waals surface area contributed by atoms with Gasteiger partial charge in [-0.1, -0.05) is 19.9 Å². The number of carbonyl (C=O) groups is 1. The fourth-order valence-electron chi connectivity index (χ4n) is 2.05. The molecule has 0 fully saturated rings. The van der Waals surface area contributed by atoms with Crippen LogP contribution in [-0.4, -0.2) is 25.5 Å². The van der Waals surface area contributed by atoms with E-state index in [0.717, 1.165) is 6.54 Å². The van der Waals surface area contributed by atoms with Crippen molar-refractivity contribution < 1.29 is 9.21 Å². The van der Waals surface area contributed by atoms with Crippen LogP contribution in [0.25, 0.3) is 0 Å². The summed E-state index contributed by atoms with van der Waals surface area (Å²) in [6, 6.07) is 7.48. The summed E-state index contributed by atoms with van der Waals surface area (Å²) in [4.78, 5) is 16.5. The van der Waals surface area contributed by atoms with E-state index in [9.17, 15) is 4.79 Å². The Hall–Kier alpha value is -2.28. The summed E-state index contributed by atoms with van der Waals surface area (Å²) >= 11 is 1.75. The summed E-state index contributed by atoms with van der Waals surface area (Å²) in [5, 5.41) is 8.54. The van der Waals surface area contributed by atoms with Crippen molar-refractivity contribution in [3.05, 3.63) is 46.0 Å². The van der Waals surface area contributed by atoms with Crippen molar-refractivity contribution in [1.29, 1.82) is 0 Å². The van der Waals surface area contributed by atoms with Crippen LogP contribution >= 0.6 is 11.3 Å². The van der Waals surface area contributed by atoms with Crippen LogP contribution in [0.2, 0.25) is 0 Å². The van der Waals surface area contributed by atoms with E-state index >= 15 is 0 Å². The first kappa shape index (κ1) is 17.1. The Morgan fingerprint density at radius 3 is 2.70 bits per heavy atom. The second kappa shape index (κ2) is 7.32. The van der Waals surface area contributed by atoms with E-state index in [1.165, 1.54) is 4.88 Å². The Bertz CT molecular complexity index is 674. The molecule has 0 aliphatic rings. The van der Waals surface area contributed by atoms with Crippen molar-refractivity contribution in [1.82, 2.24) is 10.6 Å². The van der Waals surface area contributed by atoms with Gasteiger partial charge in [0.1, 0.15) is 5.76 Å². The van der Waals surface area contributed by atoms with Gasteiger partial charge in [-0.25, -0.2) is 0 Å². The molecule has 0 saturated heterocycles. The zero-order valence-electron chi connectivity index (χ0n) is 13.6. The number of primary amides is 1. The van der Waals surface area contributed by atoms with Gasteiger partial charge in [0.15, 0.2) is 11.7 Å². The maximum atomic E-state index is 11.0. The highest BCUT2D eigenvalue weighted by atomic mass is 32.1. The van der Waals surface area contributed by atoms with E-state index in [2.05, 4.69) is 47.0 Å². The smallest absolute Gasteiger partial charge is 0.284 e. The molecular formula is C16H22N4O2S. The first-order valence-electron chi connectivity index (χ1n) is 7.29. The topological polar surface area (TPSA) is 92.6 Å². The van der Waals surface area contributed by atoms with Gasteiger partial charge in [0.2, 0.25) is 0 Å². The van der Waals surface area contributed by atoms with E-state index < -0.39 is 5.91 Å². The predicted molar refractivity (Wildman–Crippen MR) is 92.8 cm³/mol. The van der Waals surface area contributed by atoms with Gasteiger partial charge in [0.05, 0.1) is 6.54 Å². The van der Waals surface area contributed by atoms with Crippen LogP contribution in [0, 0.1) is 0 Å². The van der Waals surface area contributed by atoms with Crippen LogP contribution in [0.4, 0.5) is 0 Å². The largest absolute Gasteiger partial charge is 0.454 e. The molecule has 6 nitrogen and oxygen atoms in total. The second-order valence-electron chi connectivity index (χ2n) is 5.77. The van der Waals surface area contributed by atoms with Crippen molar-refractivity contribution in [3.8, 4) is 0 Å². The quantitative estimate of drug-likeness (QED) is 0.557. The summed E-state index contributed by atoms with van der Waals surface area (Å²) < 4.78 is 5.33. The van der Waals surface area contributed by atoms with Crippen LogP contribution in [0.3, 0.4) is 0 Å². The van der Waals surface area contributed by atoms with Crippen LogP contribution in [-0.2, 0) is 12.0 Å². The fraction of sp³-hybridized carbons (Fsp3) is 0.375. The van der Waals surface area contributed by atoms with Crippen molar-refractivity contribution in [2.75, 3.05) is 13.6 Å². The highest BCUT2D eigenvalue weighted by molar-refractivity contribution is 7.10. The fourth-order valence-corrected chi connectivity index (χ4v) is 2.90. The van der Waals surface area contributed by atoms with Crippen molar-refractivity contribution >= 4 is 23.2 Å². The Balaban J connectivity index is 1.87. The second-order valence-corrected chi connectivity index (χ2v) is 6.72. The number of carbonyl (C=O) groups excluding carboxylic acids is 1. The van der Waals surface area contributed by atoms with Gasteiger partial charge in [-0.3, -0.25) is 9.79 Å². The number of thiophene rings is 1. The molecule has 0 atom stereocenters. The van der Waals surface area contributed by atoms with Gasteiger partial charge in [-0.05, 0) is 23.6 Å². The first-order chi connectivity index (χ1) is 10.9. The van der Waals surface area contributed by atoms with Gasteiger partial charge in [-0.2, -0.15) is 0 Å². The minimum Gasteiger partial charge on any atom is -0.454 e. The lowest BCUT2D eigenvalue weighted by atomic mass is 9.91. The number of furan rings is 1. The molecule has 0 aromatic carbocycles. The zero-order valence-corrected chi connectivity index (χ0v) is 14.4. The number of nitrogens with zero attached hydrogens (tertiary/aromatic N) is 1. The minimum absolute atomic E-state index is 0.00953. The molecular weight excluding hydrogens is 312 g/mol. The maximum absolute atomic E-state index is 11.0.